The maximum atomic E-state index is 12.3. The number of primary amides is 2. The van der Waals surface area contributed by atoms with E-state index in [1.54, 1.807) is 12.1 Å². The van der Waals surface area contributed by atoms with Crippen molar-refractivity contribution in [3.05, 3.63) is 47.0 Å². The molecule has 27 heavy (non-hydrogen) atoms. The summed E-state index contributed by atoms with van der Waals surface area (Å²) in [6, 6.07) is 9.86. The van der Waals surface area contributed by atoms with Gasteiger partial charge in [0.1, 0.15) is 0 Å². The molecule has 1 aromatic heterocycles. The summed E-state index contributed by atoms with van der Waals surface area (Å²) < 4.78 is 0. The largest absolute Gasteiger partial charge is 0.366 e. The molecular weight excluding hydrogens is 340 g/mol. The molecule has 2 aromatic carbocycles. The molecule has 3 aromatic rings. The fourth-order valence-electron chi connectivity index (χ4n) is 4.33. The zero-order chi connectivity index (χ0) is 19.1. The van der Waals surface area contributed by atoms with Crippen molar-refractivity contribution in [1.82, 2.24) is 9.88 Å². The van der Waals surface area contributed by atoms with Crippen LogP contribution in [0.5, 0.6) is 0 Å². The van der Waals surface area contributed by atoms with Gasteiger partial charge in [-0.25, -0.2) is 0 Å². The van der Waals surface area contributed by atoms with E-state index in [1.807, 2.05) is 18.2 Å². The van der Waals surface area contributed by atoms with Gasteiger partial charge in [0, 0.05) is 27.9 Å². The zero-order valence-corrected chi connectivity index (χ0v) is 15.4. The Morgan fingerprint density at radius 1 is 1.15 bits per heavy atom. The number of nitrogens with zero attached hydrogens (tertiary/aromatic N) is 1. The van der Waals surface area contributed by atoms with Gasteiger partial charge in [-0.3, -0.25) is 9.59 Å². The number of nitrogens with two attached hydrogens (primary N) is 2. The number of aryl methyl sites for hydroxylation is 1. The van der Waals surface area contributed by atoms with Gasteiger partial charge in [0.2, 0.25) is 5.91 Å². The molecule has 1 atom stereocenters. The summed E-state index contributed by atoms with van der Waals surface area (Å²) in [6.45, 7) is 1.14. The number of aromatic amines is 1. The standard InChI is InChI=1S/C21H24N4O2/c1-25-10-2-3-14(25)7-4-12-5-9-16-15-8-6-13(20(22)26)11-17(15)24-19(16)18(12)21(23)27/h5-6,8-9,11,14,24H,2-4,7,10H2,1H3,(H2,22,26)(H2,23,27). The van der Waals surface area contributed by atoms with Gasteiger partial charge in [-0.2, -0.15) is 0 Å². The van der Waals surface area contributed by atoms with Crippen molar-refractivity contribution in [2.75, 3.05) is 13.6 Å². The minimum atomic E-state index is -0.480. The maximum Gasteiger partial charge on any atom is 0.251 e. The first-order valence-corrected chi connectivity index (χ1v) is 9.33. The molecular formula is C21H24N4O2. The monoisotopic (exact) mass is 364 g/mol. The maximum absolute atomic E-state index is 12.3. The molecule has 6 nitrogen and oxygen atoms in total. The summed E-state index contributed by atoms with van der Waals surface area (Å²) >= 11 is 0. The summed E-state index contributed by atoms with van der Waals surface area (Å²) in [5.74, 6) is -0.913. The van der Waals surface area contributed by atoms with Crippen LogP contribution in [-0.2, 0) is 6.42 Å². The van der Waals surface area contributed by atoms with Crippen LogP contribution in [0.4, 0.5) is 0 Å². The minimum absolute atomic E-state index is 0.430. The van der Waals surface area contributed by atoms with Crippen LogP contribution in [0.1, 0.15) is 45.5 Å². The second-order valence-electron chi connectivity index (χ2n) is 7.45. The van der Waals surface area contributed by atoms with Crippen LogP contribution in [0.15, 0.2) is 30.3 Å². The van der Waals surface area contributed by atoms with Crippen molar-refractivity contribution in [3.8, 4) is 0 Å². The molecule has 0 bridgehead atoms. The number of fused-ring (bicyclic) bond motifs is 3. The highest BCUT2D eigenvalue weighted by Crippen LogP contribution is 2.31. The van der Waals surface area contributed by atoms with Gasteiger partial charge in [0.25, 0.3) is 5.91 Å². The van der Waals surface area contributed by atoms with Crippen molar-refractivity contribution >= 4 is 33.6 Å². The Kier molecular flexibility index (Phi) is 4.36. The molecule has 6 heteroatoms. The van der Waals surface area contributed by atoms with E-state index in [0.717, 1.165) is 46.8 Å². The van der Waals surface area contributed by atoms with E-state index in [9.17, 15) is 9.59 Å². The fourth-order valence-corrected chi connectivity index (χ4v) is 4.33. The number of hydrogen-bond donors (Lipinski definition) is 3. The number of H-pyrrole nitrogens is 1. The number of rotatable bonds is 5. The fraction of sp³-hybridized carbons (Fsp3) is 0.333. The van der Waals surface area contributed by atoms with Gasteiger partial charge in [-0.15, -0.1) is 0 Å². The molecule has 1 unspecified atom stereocenters. The Hall–Kier alpha value is -2.86. The van der Waals surface area contributed by atoms with Crippen molar-refractivity contribution in [1.29, 1.82) is 0 Å². The Bertz CT molecular complexity index is 1050. The predicted octanol–water partition coefficient (Wildman–Crippen LogP) is 2.55. The Morgan fingerprint density at radius 2 is 1.93 bits per heavy atom. The number of hydrogen-bond acceptors (Lipinski definition) is 3. The molecule has 140 valence electrons. The molecule has 1 aliphatic rings. The summed E-state index contributed by atoms with van der Waals surface area (Å²) in [5.41, 5.74) is 14.6. The van der Waals surface area contributed by atoms with Crippen LogP contribution in [0.3, 0.4) is 0 Å². The van der Waals surface area contributed by atoms with Gasteiger partial charge in [0.05, 0.1) is 11.1 Å². The molecule has 0 spiro atoms. The highest BCUT2D eigenvalue weighted by Gasteiger charge is 2.22. The SMILES string of the molecule is CN1CCCC1CCc1ccc2c([nH]c3cc(C(N)=O)ccc32)c1C(N)=O. The van der Waals surface area contributed by atoms with E-state index in [2.05, 4.69) is 16.9 Å². The van der Waals surface area contributed by atoms with E-state index < -0.39 is 11.8 Å². The average molecular weight is 364 g/mol. The summed E-state index contributed by atoms with van der Waals surface area (Å²) in [7, 11) is 2.16. The van der Waals surface area contributed by atoms with Crippen LogP contribution < -0.4 is 11.5 Å². The summed E-state index contributed by atoms with van der Waals surface area (Å²) in [5, 5.41) is 1.87. The van der Waals surface area contributed by atoms with Crippen molar-refractivity contribution in [3.63, 3.8) is 0 Å². The molecule has 0 aliphatic carbocycles. The van der Waals surface area contributed by atoms with Crippen molar-refractivity contribution in [2.45, 2.75) is 31.7 Å². The second-order valence-corrected chi connectivity index (χ2v) is 7.45. The Balaban J connectivity index is 1.78. The van der Waals surface area contributed by atoms with Crippen LogP contribution in [-0.4, -0.2) is 41.3 Å². The second kappa shape index (κ2) is 6.70. The lowest BCUT2D eigenvalue weighted by atomic mass is 9.96. The van der Waals surface area contributed by atoms with Gasteiger partial charge in [-0.05, 0) is 57.0 Å². The van der Waals surface area contributed by atoms with Gasteiger partial charge < -0.3 is 21.4 Å². The first kappa shape index (κ1) is 17.5. The lowest BCUT2D eigenvalue weighted by molar-refractivity contribution is 0.0992. The third-order valence-corrected chi connectivity index (χ3v) is 5.81. The zero-order valence-electron chi connectivity index (χ0n) is 15.4. The van der Waals surface area contributed by atoms with Gasteiger partial charge in [-0.1, -0.05) is 18.2 Å². The highest BCUT2D eigenvalue weighted by molar-refractivity contribution is 6.16. The Labute approximate surface area is 157 Å². The van der Waals surface area contributed by atoms with E-state index in [-0.39, 0.29) is 0 Å². The number of benzene rings is 2. The number of aromatic nitrogens is 1. The van der Waals surface area contributed by atoms with E-state index in [1.165, 1.54) is 12.8 Å². The van der Waals surface area contributed by atoms with Crippen LogP contribution in [0, 0.1) is 0 Å². The summed E-state index contributed by atoms with van der Waals surface area (Å²) in [6.07, 6.45) is 4.25. The van der Waals surface area contributed by atoms with Crippen LogP contribution >= 0.6 is 0 Å². The molecule has 0 radical (unpaired) electrons. The van der Waals surface area contributed by atoms with E-state index >= 15 is 0 Å². The lowest BCUT2D eigenvalue weighted by Gasteiger charge is -2.19. The first-order chi connectivity index (χ1) is 13.0. The molecule has 1 saturated heterocycles. The van der Waals surface area contributed by atoms with Gasteiger partial charge in [0.15, 0.2) is 0 Å². The summed E-state index contributed by atoms with van der Waals surface area (Å²) in [4.78, 5) is 29.4. The third kappa shape index (κ3) is 3.06. The average Bonchev–Trinajstić information content (AvgIpc) is 3.21. The molecule has 5 N–H and O–H groups in total. The topological polar surface area (TPSA) is 105 Å². The molecule has 4 rings (SSSR count). The molecule has 2 heterocycles. The molecule has 1 aliphatic heterocycles. The molecule has 1 fully saturated rings. The highest BCUT2D eigenvalue weighted by atomic mass is 16.1. The number of carbonyl (C=O) groups excluding carboxylic acids is 2. The van der Waals surface area contributed by atoms with Gasteiger partial charge >= 0.3 is 0 Å². The number of carbonyl (C=O) groups is 2. The quantitative estimate of drug-likeness (QED) is 0.648. The van der Waals surface area contributed by atoms with E-state index in [4.69, 9.17) is 11.5 Å². The van der Waals surface area contributed by atoms with Crippen molar-refractivity contribution in [2.24, 2.45) is 11.5 Å². The number of likely N-dealkylation sites (tertiary alicyclic amines) is 1. The van der Waals surface area contributed by atoms with Crippen molar-refractivity contribution < 1.29 is 9.59 Å². The van der Waals surface area contributed by atoms with Crippen LogP contribution in [0.25, 0.3) is 21.8 Å². The van der Waals surface area contributed by atoms with E-state index in [0.29, 0.717) is 17.2 Å². The third-order valence-electron chi connectivity index (χ3n) is 5.81. The minimum Gasteiger partial charge on any atom is -0.366 e. The number of nitrogens with one attached hydrogen (secondary N) is 1. The number of amides is 2. The predicted molar refractivity (Wildman–Crippen MR) is 107 cm³/mol. The van der Waals surface area contributed by atoms with Crippen LogP contribution in [0.2, 0.25) is 0 Å². The molecule has 2 amide bonds. The molecule has 0 saturated carbocycles. The smallest absolute Gasteiger partial charge is 0.251 e. The first-order valence-electron chi connectivity index (χ1n) is 9.33. The normalized spacial score (nSPS) is 17.7. The Morgan fingerprint density at radius 3 is 2.59 bits per heavy atom. The lowest BCUT2D eigenvalue weighted by Crippen LogP contribution is -2.25.